The van der Waals surface area contributed by atoms with Crippen LogP contribution in [0.1, 0.15) is 37.1 Å². The van der Waals surface area contributed by atoms with Crippen molar-refractivity contribution in [2.45, 2.75) is 25.8 Å². The average Bonchev–Trinajstić information content (AvgIpc) is 2.82. The molecule has 0 aromatic carbocycles. The highest BCUT2D eigenvalue weighted by Crippen LogP contribution is 2.32. The van der Waals surface area contributed by atoms with Gasteiger partial charge >= 0.3 is 0 Å². The quantitative estimate of drug-likeness (QED) is 0.796. The van der Waals surface area contributed by atoms with Crippen molar-refractivity contribution < 1.29 is 0 Å². The maximum absolute atomic E-state index is 4.48. The molecular formula is C14H17IN2S. The fourth-order valence-corrected chi connectivity index (χ4v) is 3.51. The first kappa shape index (κ1) is 14.0. The van der Waals surface area contributed by atoms with Gasteiger partial charge in [-0.2, -0.15) is 0 Å². The van der Waals surface area contributed by atoms with E-state index in [1.165, 1.54) is 8.45 Å². The first-order valence-electron chi connectivity index (χ1n) is 6.10. The van der Waals surface area contributed by atoms with Crippen molar-refractivity contribution in [1.82, 2.24) is 10.3 Å². The van der Waals surface area contributed by atoms with E-state index >= 15 is 0 Å². The van der Waals surface area contributed by atoms with E-state index in [0.717, 1.165) is 12.2 Å². The van der Waals surface area contributed by atoms with Crippen molar-refractivity contribution in [3.63, 3.8) is 0 Å². The van der Waals surface area contributed by atoms with E-state index in [1.807, 2.05) is 12.3 Å². The number of aromatic nitrogens is 1. The molecule has 1 N–H and O–H groups in total. The molecule has 2 aromatic rings. The lowest BCUT2D eigenvalue weighted by Gasteiger charge is -2.23. The summed E-state index contributed by atoms with van der Waals surface area (Å²) < 4.78 is 1.33. The van der Waals surface area contributed by atoms with Crippen LogP contribution in [-0.2, 0) is 0 Å². The van der Waals surface area contributed by atoms with Crippen molar-refractivity contribution in [1.29, 1.82) is 0 Å². The maximum atomic E-state index is 4.48. The molecule has 0 aliphatic carbocycles. The summed E-state index contributed by atoms with van der Waals surface area (Å²) in [6.07, 6.45) is 1.87. The molecule has 0 saturated heterocycles. The largest absolute Gasteiger partial charge is 0.310 e. The number of halogens is 1. The van der Waals surface area contributed by atoms with Crippen LogP contribution in [0, 0.1) is 2.88 Å². The van der Waals surface area contributed by atoms with Gasteiger partial charge in [-0.25, -0.2) is 0 Å². The molecular weight excluding hydrogens is 355 g/mol. The number of pyridine rings is 1. The topological polar surface area (TPSA) is 24.9 Å². The van der Waals surface area contributed by atoms with Crippen LogP contribution in [-0.4, -0.2) is 11.5 Å². The molecule has 0 radical (unpaired) electrons. The second-order valence-electron chi connectivity index (χ2n) is 4.26. The molecule has 0 aliphatic heterocycles. The Morgan fingerprint density at radius 2 is 2.28 bits per heavy atom. The highest BCUT2D eigenvalue weighted by molar-refractivity contribution is 14.1. The Morgan fingerprint density at radius 3 is 2.83 bits per heavy atom. The molecule has 2 nitrogen and oxygen atoms in total. The molecule has 2 rings (SSSR count). The maximum Gasteiger partial charge on any atom is 0.0656 e. The van der Waals surface area contributed by atoms with Crippen molar-refractivity contribution in [2.75, 3.05) is 6.54 Å². The third kappa shape index (κ3) is 3.30. The van der Waals surface area contributed by atoms with Gasteiger partial charge in [0.05, 0.1) is 2.88 Å². The second kappa shape index (κ2) is 6.63. The number of likely N-dealkylation sites (N-methyl/N-ethyl adjacent to an activating group) is 1. The predicted octanol–water partition coefficient (Wildman–Crippen LogP) is 4.20. The van der Waals surface area contributed by atoms with Crippen LogP contribution in [0.25, 0.3) is 0 Å². The van der Waals surface area contributed by atoms with Gasteiger partial charge in [0, 0.05) is 23.9 Å². The summed E-state index contributed by atoms with van der Waals surface area (Å²) in [7, 11) is 0. The fourth-order valence-electron chi connectivity index (χ4n) is 2.11. The lowest BCUT2D eigenvalue weighted by Crippen LogP contribution is -2.25. The van der Waals surface area contributed by atoms with Gasteiger partial charge in [-0.15, -0.1) is 11.3 Å². The minimum atomic E-state index is 0.338. The van der Waals surface area contributed by atoms with Crippen LogP contribution in [0.3, 0.4) is 0 Å². The lowest BCUT2D eigenvalue weighted by atomic mass is 9.93. The Morgan fingerprint density at radius 1 is 1.44 bits per heavy atom. The molecule has 18 heavy (non-hydrogen) atoms. The third-order valence-corrected chi connectivity index (χ3v) is 4.83. The third-order valence-electron chi connectivity index (χ3n) is 3.03. The summed E-state index contributed by atoms with van der Waals surface area (Å²) in [5.74, 6) is 0.372. The van der Waals surface area contributed by atoms with E-state index in [1.54, 1.807) is 11.3 Å². The Hall–Kier alpha value is -0.460. The highest BCUT2D eigenvalue weighted by atomic mass is 127. The van der Waals surface area contributed by atoms with Gasteiger partial charge in [-0.05, 0) is 58.3 Å². The minimum absolute atomic E-state index is 0.338. The number of hydrogen-bond acceptors (Lipinski definition) is 3. The molecule has 0 amide bonds. The zero-order chi connectivity index (χ0) is 13.0. The second-order valence-corrected chi connectivity index (χ2v) is 7.07. The lowest BCUT2D eigenvalue weighted by molar-refractivity contribution is 0.473. The first-order valence-corrected chi connectivity index (χ1v) is 8.06. The summed E-state index contributed by atoms with van der Waals surface area (Å²) in [4.78, 5) is 4.48. The summed E-state index contributed by atoms with van der Waals surface area (Å²) in [5, 5.41) is 5.82. The Balaban J connectivity index is 2.25. The Kier molecular flexibility index (Phi) is 5.14. The molecule has 0 fully saturated rings. The monoisotopic (exact) mass is 372 g/mol. The van der Waals surface area contributed by atoms with Gasteiger partial charge in [0.1, 0.15) is 0 Å². The summed E-state index contributed by atoms with van der Waals surface area (Å²) in [6.45, 7) is 5.35. The molecule has 0 saturated carbocycles. The zero-order valence-corrected chi connectivity index (χ0v) is 13.5. The van der Waals surface area contributed by atoms with Gasteiger partial charge < -0.3 is 5.32 Å². The molecule has 0 aliphatic rings. The van der Waals surface area contributed by atoms with E-state index < -0.39 is 0 Å². The number of nitrogens with one attached hydrogen (secondary N) is 1. The number of hydrogen-bond donors (Lipinski definition) is 1. The number of rotatable bonds is 5. The van der Waals surface area contributed by atoms with Crippen LogP contribution in [0.4, 0.5) is 0 Å². The van der Waals surface area contributed by atoms with Gasteiger partial charge in [-0.3, -0.25) is 4.98 Å². The van der Waals surface area contributed by atoms with Crippen molar-refractivity contribution in [2.24, 2.45) is 0 Å². The molecule has 0 spiro atoms. The normalized spacial score (nSPS) is 14.4. The van der Waals surface area contributed by atoms with Crippen LogP contribution < -0.4 is 5.32 Å². The van der Waals surface area contributed by atoms with Crippen LogP contribution >= 0.6 is 33.9 Å². The number of nitrogens with zero attached hydrogens (tertiary/aromatic N) is 1. The van der Waals surface area contributed by atoms with Gasteiger partial charge in [-0.1, -0.05) is 19.9 Å². The Bertz CT molecular complexity index is 484. The molecule has 2 atom stereocenters. The molecule has 0 bridgehead atoms. The van der Waals surface area contributed by atoms with Crippen LogP contribution in [0.5, 0.6) is 0 Å². The van der Waals surface area contributed by atoms with Crippen molar-refractivity contribution in [3.8, 4) is 0 Å². The standard InChI is InChI=1S/C14H17IN2S/c1-3-16-14(11-8-13(15)18-9-11)10(2)12-6-4-5-7-17-12/h4-10,14,16H,3H2,1-2H3. The Labute approximate surface area is 126 Å². The summed E-state index contributed by atoms with van der Waals surface area (Å²) in [5.41, 5.74) is 2.51. The fraction of sp³-hybridized carbons (Fsp3) is 0.357. The van der Waals surface area contributed by atoms with E-state index in [4.69, 9.17) is 0 Å². The van der Waals surface area contributed by atoms with Crippen molar-refractivity contribution in [3.05, 3.63) is 50.0 Å². The van der Waals surface area contributed by atoms with E-state index in [0.29, 0.717) is 12.0 Å². The first-order chi connectivity index (χ1) is 8.72. The summed E-state index contributed by atoms with van der Waals surface area (Å²) in [6, 6.07) is 8.72. The zero-order valence-electron chi connectivity index (χ0n) is 10.6. The van der Waals surface area contributed by atoms with Crippen molar-refractivity contribution >= 4 is 33.9 Å². The predicted molar refractivity (Wildman–Crippen MR) is 86.1 cm³/mol. The smallest absolute Gasteiger partial charge is 0.0656 e. The minimum Gasteiger partial charge on any atom is -0.310 e. The molecule has 4 heteroatoms. The molecule has 2 aromatic heterocycles. The van der Waals surface area contributed by atoms with Crippen LogP contribution in [0.15, 0.2) is 35.8 Å². The van der Waals surface area contributed by atoms with E-state index in [-0.39, 0.29) is 0 Å². The highest BCUT2D eigenvalue weighted by Gasteiger charge is 2.21. The average molecular weight is 372 g/mol. The number of thiophene rings is 1. The summed E-state index contributed by atoms with van der Waals surface area (Å²) >= 11 is 4.17. The van der Waals surface area contributed by atoms with Gasteiger partial charge in [0.15, 0.2) is 0 Å². The SMILES string of the molecule is CCNC(c1csc(I)c1)C(C)c1ccccn1. The molecule has 2 heterocycles. The van der Waals surface area contributed by atoms with Gasteiger partial charge in [0.25, 0.3) is 0 Å². The van der Waals surface area contributed by atoms with E-state index in [9.17, 15) is 0 Å². The van der Waals surface area contributed by atoms with Crippen LogP contribution in [0.2, 0.25) is 0 Å². The van der Waals surface area contributed by atoms with E-state index in [2.05, 4.69) is 70.3 Å². The molecule has 2 unspecified atom stereocenters. The van der Waals surface area contributed by atoms with Gasteiger partial charge in [0.2, 0.25) is 0 Å². The molecule has 96 valence electrons.